The molecule has 152 valence electrons. The molecule has 0 saturated carbocycles. The zero-order valence-electron chi connectivity index (χ0n) is 16.8. The Kier molecular flexibility index (Phi) is 5.16. The number of allylic oxidation sites excluding steroid dienone is 2. The summed E-state index contributed by atoms with van der Waals surface area (Å²) in [6, 6.07) is 1.97. The highest BCUT2D eigenvalue weighted by Gasteiger charge is 2.21. The minimum absolute atomic E-state index is 0.629. The molecule has 1 atom stereocenters. The largest absolute Gasteiger partial charge is 0.342 e. The second-order valence-corrected chi connectivity index (χ2v) is 9.05. The number of hydrogen-bond acceptors (Lipinski definition) is 6. The van der Waals surface area contributed by atoms with Crippen LogP contribution in [0.1, 0.15) is 44.5 Å². The quantitative estimate of drug-likeness (QED) is 0.403. The molecule has 0 saturated heterocycles. The Bertz CT molecular complexity index is 1280. The molecule has 0 aromatic carbocycles. The highest BCUT2D eigenvalue weighted by atomic mass is 35.5. The first-order valence-corrected chi connectivity index (χ1v) is 11.3. The van der Waals surface area contributed by atoms with Crippen molar-refractivity contribution >= 4 is 51.1 Å². The molecular formula is C22H21ClN6S. The second kappa shape index (κ2) is 7.96. The molecule has 5 rings (SSSR count). The molecule has 1 unspecified atom stereocenters. The van der Waals surface area contributed by atoms with Gasteiger partial charge >= 0.3 is 0 Å². The van der Waals surface area contributed by atoms with Gasteiger partial charge in [0.1, 0.15) is 11.2 Å². The fourth-order valence-electron chi connectivity index (χ4n) is 3.79. The van der Waals surface area contributed by atoms with Crippen molar-refractivity contribution in [3.8, 4) is 0 Å². The van der Waals surface area contributed by atoms with Gasteiger partial charge < -0.3 is 4.98 Å². The third kappa shape index (κ3) is 3.56. The Balaban J connectivity index is 1.61. The Morgan fingerprint density at radius 2 is 2.07 bits per heavy atom. The molecule has 0 amide bonds. The van der Waals surface area contributed by atoms with Crippen LogP contribution in [0.25, 0.3) is 27.8 Å². The molecule has 0 bridgehead atoms. The highest BCUT2D eigenvalue weighted by Crippen LogP contribution is 2.38. The summed E-state index contributed by atoms with van der Waals surface area (Å²) in [6.45, 7) is 4.38. The maximum absolute atomic E-state index is 6.72. The zero-order valence-corrected chi connectivity index (χ0v) is 18.4. The van der Waals surface area contributed by atoms with E-state index in [9.17, 15) is 0 Å². The van der Waals surface area contributed by atoms with Crippen LogP contribution in [0.2, 0.25) is 5.02 Å². The van der Waals surface area contributed by atoms with Gasteiger partial charge in [0.2, 0.25) is 0 Å². The lowest BCUT2D eigenvalue weighted by Gasteiger charge is -2.18. The minimum atomic E-state index is 0.629. The van der Waals surface area contributed by atoms with Gasteiger partial charge in [0.15, 0.2) is 10.8 Å². The number of nitrogens with zero attached hydrogens (tertiary/aromatic N) is 5. The van der Waals surface area contributed by atoms with Crippen LogP contribution in [0.15, 0.2) is 40.8 Å². The van der Waals surface area contributed by atoms with Crippen LogP contribution in [0.5, 0.6) is 0 Å². The number of aromatic amines is 1. The van der Waals surface area contributed by atoms with E-state index < -0.39 is 0 Å². The molecule has 0 aliphatic heterocycles. The SMILES string of the molecule is CCc1[nH]c2nc(Sc3cnc4nccnc4c3)nc(C3=CCC(C)CC3)c2c1Cl. The molecule has 0 fully saturated rings. The molecule has 4 heterocycles. The van der Waals surface area contributed by atoms with Crippen molar-refractivity contribution in [1.82, 2.24) is 29.9 Å². The molecule has 1 aliphatic carbocycles. The second-order valence-electron chi connectivity index (χ2n) is 7.63. The maximum atomic E-state index is 6.72. The van der Waals surface area contributed by atoms with Crippen molar-refractivity contribution in [2.24, 2.45) is 5.92 Å². The first-order chi connectivity index (χ1) is 14.6. The number of hydrogen-bond donors (Lipinski definition) is 1. The molecule has 0 radical (unpaired) electrons. The molecule has 4 aromatic rings. The highest BCUT2D eigenvalue weighted by molar-refractivity contribution is 7.99. The fraction of sp³-hybridized carbons (Fsp3) is 0.318. The average Bonchev–Trinajstić information content (AvgIpc) is 3.09. The topological polar surface area (TPSA) is 80.2 Å². The summed E-state index contributed by atoms with van der Waals surface area (Å²) in [5, 5.41) is 2.34. The summed E-state index contributed by atoms with van der Waals surface area (Å²) < 4.78 is 0. The van der Waals surface area contributed by atoms with Gasteiger partial charge in [-0.15, -0.1) is 0 Å². The summed E-state index contributed by atoms with van der Waals surface area (Å²) in [4.78, 5) is 27.0. The van der Waals surface area contributed by atoms with E-state index in [1.54, 1.807) is 18.6 Å². The van der Waals surface area contributed by atoms with Gasteiger partial charge in [0.25, 0.3) is 0 Å². The molecule has 6 nitrogen and oxygen atoms in total. The number of aryl methyl sites for hydroxylation is 1. The zero-order chi connectivity index (χ0) is 20.7. The van der Waals surface area contributed by atoms with Crippen LogP contribution in [0, 0.1) is 5.92 Å². The number of rotatable bonds is 4. The lowest BCUT2D eigenvalue weighted by molar-refractivity contribution is 0.533. The average molecular weight is 437 g/mol. The first-order valence-electron chi connectivity index (χ1n) is 10.1. The van der Waals surface area contributed by atoms with E-state index >= 15 is 0 Å². The van der Waals surface area contributed by atoms with Crippen molar-refractivity contribution in [3.63, 3.8) is 0 Å². The van der Waals surface area contributed by atoms with Gasteiger partial charge in [-0.25, -0.2) is 19.9 Å². The molecular weight excluding hydrogens is 416 g/mol. The Labute approximate surface area is 183 Å². The molecule has 1 N–H and O–H groups in total. The lowest BCUT2D eigenvalue weighted by Crippen LogP contribution is -2.04. The van der Waals surface area contributed by atoms with Gasteiger partial charge in [-0.2, -0.15) is 0 Å². The molecule has 8 heteroatoms. The van der Waals surface area contributed by atoms with E-state index in [1.807, 2.05) is 6.07 Å². The first kappa shape index (κ1) is 19.5. The smallest absolute Gasteiger partial charge is 0.195 e. The van der Waals surface area contributed by atoms with Crippen LogP contribution < -0.4 is 0 Å². The Morgan fingerprint density at radius 1 is 1.20 bits per heavy atom. The number of nitrogens with one attached hydrogen (secondary N) is 1. The van der Waals surface area contributed by atoms with E-state index in [1.165, 1.54) is 17.3 Å². The number of fused-ring (bicyclic) bond motifs is 2. The standard InChI is InChI=1S/C22H21ClN6S/c1-3-15-18(23)17-19(13-6-4-12(2)5-7-13)28-22(29-21(17)27-15)30-14-10-16-20(26-11-14)25-9-8-24-16/h6,8-12H,3-5,7H2,1-2H3,(H,27,28,29). The van der Waals surface area contributed by atoms with E-state index in [-0.39, 0.29) is 0 Å². The molecule has 30 heavy (non-hydrogen) atoms. The molecule has 1 aliphatic rings. The lowest BCUT2D eigenvalue weighted by atomic mass is 9.89. The Hall–Kier alpha value is -2.51. The number of pyridine rings is 1. The van der Waals surface area contributed by atoms with Gasteiger partial charge in [0, 0.05) is 29.2 Å². The minimum Gasteiger partial charge on any atom is -0.342 e. The van der Waals surface area contributed by atoms with Gasteiger partial charge in [-0.1, -0.05) is 31.5 Å². The van der Waals surface area contributed by atoms with E-state index in [0.717, 1.165) is 63.5 Å². The van der Waals surface area contributed by atoms with Crippen LogP contribution in [-0.4, -0.2) is 29.9 Å². The summed E-state index contributed by atoms with van der Waals surface area (Å²) in [7, 11) is 0. The fourth-order valence-corrected chi connectivity index (χ4v) is 4.91. The predicted octanol–water partition coefficient (Wildman–Crippen LogP) is 5.87. The molecule has 4 aromatic heterocycles. The summed E-state index contributed by atoms with van der Waals surface area (Å²) in [5.41, 5.74) is 5.37. The third-order valence-corrected chi connectivity index (χ3v) is 6.72. The summed E-state index contributed by atoms with van der Waals surface area (Å²) >= 11 is 8.19. The summed E-state index contributed by atoms with van der Waals surface area (Å²) in [5.74, 6) is 0.706. The number of halogens is 1. The molecule has 0 spiro atoms. The number of H-pyrrole nitrogens is 1. The van der Waals surface area contributed by atoms with Crippen LogP contribution in [-0.2, 0) is 6.42 Å². The third-order valence-electron chi connectivity index (χ3n) is 5.48. The van der Waals surface area contributed by atoms with E-state index in [0.29, 0.717) is 16.7 Å². The van der Waals surface area contributed by atoms with Gasteiger partial charge in [-0.3, -0.25) is 4.98 Å². The van der Waals surface area contributed by atoms with Gasteiger partial charge in [0.05, 0.1) is 16.1 Å². The van der Waals surface area contributed by atoms with E-state index in [2.05, 4.69) is 39.9 Å². The summed E-state index contributed by atoms with van der Waals surface area (Å²) in [6.07, 6.45) is 11.5. The van der Waals surface area contributed by atoms with Gasteiger partial charge in [-0.05, 0) is 55.0 Å². The van der Waals surface area contributed by atoms with Crippen molar-refractivity contribution in [3.05, 3.63) is 47.1 Å². The van der Waals surface area contributed by atoms with E-state index in [4.69, 9.17) is 21.6 Å². The van der Waals surface area contributed by atoms with Crippen molar-refractivity contribution < 1.29 is 0 Å². The monoisotopic (exact) mass is 436 g/mol. The Morgan fingerprint density at radius 3 is 2.87 bits per heavy atom. The van der Waals surface area contributed by atoms with Crippen LogP contribution in [0.3, 0.4) is 0 Å². The van der Waals surface area contributed by atoms with Crippen molar-refractivity contribution in [2.75, 3.05) is 0 Å². The van der Waals surface area contributed by atoms with Crippen molar-refractivity contribution in [1.29, 1.82) is 0 Å². The normalized spacial score (nSPS) is 16.9. The number of aromatic nitrogens is 6. The van der Waals surface area contributed by atoms with Crippen molar-refractivity contribution in [2.45, 2.75) is 49.6 Å². The van der Waals surface area contributed by atoms with Crippen LogP contribution in [0.4, 0.5) is 0 Å². The predicted molar refractivity (Wildman–Crippen MR) is 121 cm³/mol. The maximum Gasteiger partial charge on any atom is 0.195 e. The van der Waals surface area contributed by atoms with Crippen LogP contribution >= 0.6 is 23.4 Å².